The van der Waals surface area contributed by atoms with Gasteiger partial charge >= 0.3 is 0 Å². The maximum Gasteiger partial charge on any atom is 0.224 e. The summed E-state index contributed by atoms with van der Waals surface area (Å²) in [5, 5.41) is 6.10. The van der Waals surface area contributed by atoms with Crippen LogP contribution in [-0.4, -0.2) is 24.0 Å². The van der Waals surface area contributed by atoms with E-state index < -0.39 is 0 Å². The molecule has 0 spiro atoms. The molecule has 0 saturated carbocycles. The highest BCUT2D eigenvalue weighted by Crippen LogP contribution is 2.07. The third kappa shape index (κ3) is 2.76. The molecule has 1 amide bonds. The predicted octanol–water partition coefficient (Wildman–Crippen LogP) is 0.307. The second-order valence-corrected chi connectivity index (χ2v) is 3.77. The lowest BCUT2D eigenvalue weighted by molar-refractivity contribution is -0.124. The Kier molecular flexibility index (Phi) is 3.29. The lowest BCUT2D eigenvalue weighted by Crippen LogP contribution is -2.31. The van der Waals surface area contributed by atoms with Crippen LogP contribution in [0.25, 0.3) is 0 Å². The van der Waals surface area contributed by atoms with Crippen LogP contribution in [0.2, 0.25) is 0 Å². The van der Waals surface area contributed by atoms with Crippen LogP contribution in [0.3, 0.4) is 0 Å². The number of nitrogens with zero attached hydrogens (tertiary/aromatic N) is 1. The van der Waals surface area contributed by atoms with E-state index in [9.17, 15) is 4.79 Å². The summed E-state index contributed by atoms with van der Waals surface area (Å²) in [7, 11) is 0. The maximum absolute atomic E-state index is 11.6. The molecule has 0 aromatic carbocycles. The number of rotatable bonds is 3. The van der Waals surface area contributed by atoms with Gasteiger partial charge in [0.2, 0.25) is 5.91 Å². The summed E-state index contributed by atoms with van der Waals surface area (Å²) in [4.78, 5) is 15.6. The Morgan fingerprint density at radius 1 is 1.67 bits per heavy atom. The summed E-state index contributed by atoms with van der Waals surface area (Å²) in [6.07, 6.45) is 4.44. The third-order valence-electron chi connectivity index (χ3n) is 2.62. The van der Waals surface area contributed by atoms with Crippen LogP contribution in [0.5, 0.6) is 0 Å². The first-order chi connectivity index (χ1) is 7.36. The SMILES string of the molecule is O=C(NCc1cccnc1)[C@@H]1CCNC1. The van der Waals surface area contributed by atoms with Crippen LogP contribution in [0, 0.1) is 5.92 Å². The van der Waals surface area contributed by atoms with E-state index in [1.54, 1.807) is 12.4 Å². The van der Waals surface area contributed by atoms with Gasteiger partial charge in [0.15, 0.2) is 0 Å². The predicted molar refractivity (Wildman–Crippen MR) is 57.1 cm³/mol. The average Bonchev–Trinajstić information content (AvgIpc) is 2.81. The summed E-state index contributed by atoms with van der Waals surface area (Å²) in [5.41, 5.74) is 1.04. The fourth-order valence-corrected chi connectivity index (χ4v) is 1.71. The number of pyridine rings is 1. The topological polar surface area (TPSA) is 54.0 Å². The van der Waals surface area contributed by atoms with Gasteiger partial charge in [0.1, 0.15) is 0 Å². The highest BCUT2D eigenvalue weighted by Gasteiger charge is 2.21. The zero-order chi connectivity index (χ0) is 10.5. The molecule has 80 valence electrons. The second-order valence-electron chi connectivity index (χ2n) is 3.77. The third-order valence-corrected chi connectivity index (χ3v) is 2.62. The summed E-state index contributed by atoms with van der Waals surface area (Å²) in [6.45, 7) is 2.33. The molecule has 1 saturated heterocycles. The minimum atomic E-state index is 0.140. The van der Waals surface area contributed by atoms with Gasteiger partial charge in [0.05, 0.1) is 5.92 Å². The van der Waals surface area contributed by atoms with E-state index in [-0.39, 0.29) is 11.8 Å². The first-order valence-corrected chi connectivity index (χ1v) is 5.23. The molecule has 1 aliphatic rings. The van der Waals surface area contributed by atoms with Crippen molar-refractivity contribution in [1.82, 2.24) is 15.6 Å². The molecule has 4 heteroatoms. The molecule has 2 heterocycles. The van der Waals surface area contributed by atoms with Crippen LogP contribution in [0.1, 0.15) is 12.0 Å². The molecule has 1 atom stereocenters. The van der Waals surface area contributed by atoms with Crippen molar-refractivity contribution in [3.05, 3.63) is 30.1 Å². The van der Waals surface area contributed by atoms with Gasteiger partial charge in [0.25, 0.3) is 0 Å². The molecule has 1 aliphatic heterocycles. The Bertz CT molecular complexity index is 320. The van der Waals surface area contributed by atoms with E-state index in [1.165, 1.54) is 0 Å². The van der Waals surface area contributed by atoms with Crippen molar-refractivity contribution in [2.24, 2.45) is 5.92 Å². The molecular formula is C11H15N3O. The Morgan fingerprint density at radius 2 is 2.60 bits per heavy atom. The number of carbonyl (C=O) groups excluding carboxylic acids is 1. The lowest BCUT2D eigenvalue weighted by Gasteiger charge is -2.09. The van der Waals surface area contributed by atoms with Gasteiger partial charge < -0.3 is 10.6 Å². The van der Waals surface area contributed by atoms with E-state index in [0.717, 1.165) is 25.1 Å². The lowest BCUT2D eigenvalue weighted by atomic mass is 10.1. The Hall–Kier alpha value is -1.42. The number of amides is 1. The monoisotopic (exact) mass is 205 g/mol. The molecule has 1 fully saturated rings. The van der Waals surface area contributed by atoms with Gasteiger partial charge in [-0.1, -0.05) is 6.07 Å². The van der Waals surface area contributed by atoms with Gasteiger partial charge in [-0.15, -0.1) is 0 Å². The standard InChI is InChI=1S/C11H15N3O/c15-11(10-3-5-13-8-10)14-7-9-2-1-4-12-6-9/h1-2,4,6,10,13H,3,5,7-8H2,(H,14,15)/t10-/m1/s1. The fraction of sp³-hybridized carbons (Fsp3) is 0.455. The fourth-order valence-electron chi connectivity index (χ4n) is 1.71. The second kappa shape index (κ2) is 4.89. The van der Waals surface area contributed by atoms with Gasteiger partial charge in [-0.2, -0.15) is 0 Å². The van der Waals surface area contributed by atoms with Crippen LogP contribution < -0.4 is 10.6 Å². The highest BCUT2D eigenvalue weighted by molar-refractivity contribution is 5.79. The number of hydrogen-bond donors (Lipinski definition) is 2. The van der Waals surface area contributed by atoms with E-state index in [4.69, 9.17) is 0 Å². The first-order valence-electron chi connectivity index (χ1n) is 5.23. The van der Waals surface area contributed by atoms with Crippen LogP contribution in [-0.2, 0) is 11.3 Å². The molecule has 2 N–H and O–H groups in total. The van der Waals surface area contributed by atoms with Gasteiger partial charge in [0, 0.05) is 25.5 Å². The quantitative estimate of drug-likeness (QED) is 0.746. The van der Waals surface area contributed by atoms with E-state index in [0.29, 0.717) is 6.54 Å². The number of carbonyl (C=O) groups is 1. The van der Waals surface area contributed by atoms with Crippen molar-refractivity contribution in [1.29, 1.82) is 0 Å². The van der Waals surface area contributed by atoms with Crippen molar-refractivity contribution < 1.29 is 4.79 Å². The van der Waals surface area contributed by atoms with Crippen molar-refractivity contribution in [3.63, 3.8) is 0 Å². The zero-order valence-corrected chi connectivity index (χ0v) is 8.57. The van der Waals surface area contributed by atoms with Crippen LogP contribution >= 0.6 is 0 Å². The Balaban J connectivity index is 1.80. The molecule has 15 heavy (non-hydrogen) atoms. The van der Waals surface area contributed by atoms with Crippen molar-refractivity contribution in [3.8, 4) is 0 Å². The van der Waals surface area contributed by atoms with Crippen LogP contribution in [0.4, 0.5) is 0 Å². The van der Waals surface area contributed by atoms with Gasteiger partial charge in [-0.25, -0.2) is 0 Å². The van der Waals surface area contributed by atoms with E-state index in [2.05, 4.69) is 15.6 Å². The molecule has 0 unspecified atom stereocenters. The van der Waals surface area contributed by atoms with Crippen molar-refractivity contribution in [2.45, 2.75) is 13.0 Å². The zero-order valence-electron chi connectivity index (χ0n) is 8.57. The molecule has 4 nitrogen and oxygen atoms in total. The summed E-state index contributed by atoms with van der Waals surface area (Å²) >= 11 is 0. The normalized spacial score (nSPS) is 20.1. The van der Waals surface area contributed by atoms with Crippen LogP contribution in [0.15, 0.2) is 24.5 Å². The molecule has 0 radical (unpaired) electrons. The van der Waals surface area contributed by atoms with Gasteiger partial charge in [-0.3, -0.25) is 9.78 Å². The average molecular weight is 205 g/mol. The summed E-state index contributed by atoms with van der Waals surface area (Å²) in [6, 6.07) is 3.83. The molecule has 1 aromatic rings. The van der Waals surface area contributed by atoms with Gasteiger partial charge in [-0.05, 0) is 24.6 Å². The highest BCUT2D eigenvalue weighted by atomic mass is 16.1. The molecular weight excluding hydrogens is 190 g/mol. The minimum Gasteiger partial charge on any atom is -0.352 e. The molecule has 1 aromatic heterocycles. The Morgan fingerprint density at radius 3 is 3.27 bits per heavy atom. The summed E-state index contributed by atoms with van der Waals surface area (Å²) in [5.74, 6) is 0.283. The number of aromatic nitrogens is 1. The van der Waals surface area contributed by atoms with E-state index >= 15 is 0 Å². The Labute approximate surface area is 89.1 Å². The molecule has 2 rings (SSSR count). The van der Waals surface area contributed by atoms with E-state index in [1.807, 2.05) is 12.1 Å². The minimum absolute atomic E-state index is 0.140. The summed E-state index contributed by atoms with van der Waals surface area (Å²) < 4.78 is 0. The van der Waals surface area contributed by atoms with Crippen molar-refractivity contribution in [2.75, 3.05) is 13.1 Å². The first kappa shape index (κ1) is 10.1. The largest absolute Gasteiger partial charge is 0.352 e. The van der Waals surface area contributed by atoms with Crippen molar-refractivity contribution >= 4 is 5.91 Å². The number of hydrogen-bond acceptors (Lipinski definition) is 3. The molecule has 0 aliphatic carbocycles. The smallest absolute Gasteiger partial charge is 0.224 e. The molecule has 0 bridgehead atoms. The maximum atomic E-state index is 11.6. The number of nitrogens with one attached hydrogen (secondary N) is 2.